The lowest BCUT2D eigenvalue weighted by Gasteiger charge is -2.13. The van der Waals surface area contributed by atoms with Gasteiger partial charge >= 0.3 is 11.0 Å². The summed E-state index contributed by atoms with van der Waals surface area (Å²) in [7, 11) is -12.2. The molecule has 2 aliphatic rings. The number of aryl methyl sites for hydroxylation is 4. The van der Waals surface area contributed by atoms with Crippen LogP contribution in [0.2, 0.25) is 0 Å². The number of nitrogens with zero attached hydrogens (tertiary/aromatic N) is 2. The molecule has 0 saturated heterocycles. The molecule has 8 nitrogen and oxygen atoms in total. The maximum atomic E-state index is 10.7. The summed E-state index contributed by atoms with van der Waals surface area (Å²) in [6.07, 6.45) is 13.6. The summed E-state index contributed by atoms with van der Waals surface area (Å²) in [6, 6.07) is 26.6. The van der Waals surface area contributed by atoms with Gasteiger partial charge in [0.15, 0.2) is 32.6 Å². The second-order valence-corrected chi connectivity index (χ2v) is 13.4. The van der Waals surface area contributed by atoms with Crippen molar-refractivity contribution in [3.8, 4) is 22.5 Å². The Bertz CT molecular complexity index is 1970. The van der Waals surface area contributed by atoms with Gasteiger partial charge in [0.1, 0.15) is 13.1 Å². The van der Waals surface area contributed by atoms with E-state index in [0.29, 0.717) is 0 Å². The molecule has 0 spiro atoms. The van der Waals surface area contributed by atoms with Crippen molar-refractivity contribution in [1.29, 1.82) is 0 Å². The van der Waals surface area contributed by atoms with E-state index < -0.39 is 31.3 Å². The Morgan fingerprint density at radius 3 is 1.56 bits per heavy atom. The average molecular weight is 715 g/mol. The third kappa shape index (κ3) is 9.06. The second kappa shape index (κ2) is 14.6. The van der Waals surface area contributed by atoms with Crippen molar-refractivity contribution in [2.24, 2.45) is 0 Å². The quantitative estimate of drug-likeness (QED) is 0.113. The summed E-state index contributed by atoms with van der Waals surface area (Å²) in [5.74, 6) is 0. The van der Waals surface area contributed by atoms with Crippen molar-refractivity contribution in [2.75, 3.05) is 0 Å². The lowest BCUT2D eigenvalue weighted by molar-refractivity contribution is -0.687. The molecule has 2 aliphatic heterocycles. The summed E-state index contributed by atoms with van der Waals surface area (Å²) in [5, 5.41) is 0. The average Bonchev–Trinajstić information content (AvgIpc) is 3.30. The molecule has 256 valence electrons. The van der Waals surface area contributed by atoms with E-state index in [4.69, 9.17) is 25.9 Å². The highest BCUT2D eigenvalue weighted by Gasteiger charge is 2.37. The number of benzene rings is 2. The predicted octanol–water partition coefficient (Wildman–Crippen LogP) is 5.76. The molecule has 2 aromatic carbocycles. The molecule has 0 N–H and O–H groups in total. The van der Waals surface area contributed by atoms with Gasteiger partial charge in [0, 0.05) is 37.1 Å². The number of hydrogen-bond acceptors (Lipinski definition) is 6. The van der Waals surface area contributed by atoms with Gasteiger partial charge in [-0.2, -0.15) is 35.5 Å². The molecular weight excluding hydrogens is 686 g/mol. The molecule has 48 heavy (non-hydrogen) atoms. The number of aromatic nitrogens is 2. The van der Waals surface area contributed by atoms with Gasteiger partial charge in [-0.1, -0.05) is 54.6 Å². The fourth-order valence-electron chi connectivity index (χ4n) is 5.28. The Hall–Kier alpha value is -4.12. The molecule has 0 aliphatic carbocycles. The molecular formula is C32H28F6N2O6S2. The zero-order valence-corrected chi connectivity index (χ0v) is 26.5. The summed E-state index contributed by atoms with van der Waals surface area (Å²) in [4.78, 5) is 0. The molecule has 2 aromatic heterocycles. The van der Waals surface area contributed by atoms with Gasteiger partial charge in [-0.3, -0.25) is 0 Å². The topological polar surface area (TPSA) is 122 Å². The van der Waals surface area contributed by atoms with Crippen molar-refractivity contribution < 1.29 is 61.4 Å². The van der Waals surface area contributed by atoms with Crippen molar-refractivity contribution in [1.82, 2.24) is 0 Å². The van der Waals surface area contributed by atoms with E-state index in [-0.39, 0.29) is 0 Å². The fourth-order valence-corrected chi connectivity index (χ4v) is 5.28. The molecule has 16 heteroatoms. The van der Waals surface area contributed by atoms with Crippen LogP contribution < -0.4 is 9.13 Å². The molecule has 0 atom stereocenters. The van der Waals surface area contributed by atoms with Gasteiger partial charge in [-0.15, -0.1) is 0 Å². The number of hydrogen-bond donors (Lipinski definition) is 0. The van der Waals surface area contributed by atoms with Crippen LogP contribution in [0.5, 0.6) is 0 Å². The molecule has 0 fully saturated rings. The minimum absolute atomic E-state index is 1.07. The first kappa shape index (κ1) is 36.7. The third-order valence-corrected chi connectivity index (χ3v) is 8.55. The standard InChI is InChI=1S/C30H28N2.2CHF3O3S/c1-2-8-23(9-3-1)13-14-24-17-21-32-20-7-11-26-16-15-25-10-6-19-31-18-5-4-12-27(31)29(25)30(26)28(32)22-24;2*2-1(3,4)8(5,6)7/h1-5,8-9,12-18,21-22H,6-7,10-11,19-20H2;2*(H,5,6,7)/q+2;;/p-2/b14-13+;;. The van der Waals surface area contributed by atoms with Gasteiger partial charge < -0.3 is 9.11 Å². The van der Waals surface area contributed by atoms with Crippen LogP contribution in [0.3, 0.4) is 0 Å². The number of fused-ring (bicyclic) bond motifs is 7. The highest BCUT2D eigenvalue weighted by atomic mass is 32.2. The first-order valence-electron chi connectivity index (χ1n) is 14.3. The van der Waals surface area contributed by atoms with E-state index in [9.17, 15) is 26.3 Å². The van der Waals surface area contributed by atoms with E-state index in [1.54, 1.807) is 0 Å². The summed E-state index contributed by atoms with van der Waals surface area (Å²) < 4.78 is 123. The lowest BCUT2D eigenvalue weighted by Crippen LogP contribution is -2.36. The summed E-state index contributed by atoms with van der Waals surface area (Å²) in [5.41, 5.74) is -0.249. The Kier molecular flexibility index (Phi) is 11.1. The zero-order chi connectivity index (χ0) is 35.3. The van der Waals surface area contributed by atoms with Crippen LogP contribution in [0, 0.1) is 0 Å². The summed E-state index contributed by atoms with van der Waals surface area (Å²) in [6.45, 7) is 2.15. The Morgan fingerprint density at radius 2 is 1.04 bits per heavy atom. The minimum Gasteiger partial charge on any atom is -0.741 e. The minimum atomic E-state index is -6.09. The number of halogens is 6. The van der Waals surface area contributed by atoms with Gasteiger partial charge in [-0.25, -0.2) is 16.8 Å². The summed E-state index contributed by atoms with van der Waals surface area (Å²) >= 11 is 0. The molecule has 0 unspecified atom stereocenters. The maximum Gasteiger partial charge on any atom is 0.485 e. The van der Waals surface area contributed by atoms with E-state index in [1.165, 1.54) is 57.6 Å². The van der Waals surface area contributed by atoms with Crippen molar-refractivity contribution in [3.05, 3.63) is 107 Å². The molecule has 4 aromatic rings. The van der Waals surface area contributed by atoms with Crippen LogP contribution in [-0.4, -0.2) is 37.0 Å². The van der Waals surface area contributed by atoms with Crippen LogP contribution in [0.15, 0.2) is 85.2 Å². The molecule has 4 heterocycles. The van der Waals surface area contributed by atoms with Crippen molar-refractivity contribution in [2.45, 2.75) is 49.8 Å². The van der Waals surface area contributed by atoms with E-state index in [2.05, 4.69) is 106 Å². The van der Waals surface area contributed by atoms with Gasteiger partial charge in [0.25, 0.3) is 0 Å². The van der Waals surface area contributed by atoms with Crippen LogP contribution >= 0.6 is 0 Å². The fraction of sp³-hybridized carbons (Fsp3) is 0.250. The molecule has 0 radical (unpaired) electrons. The third-order valence-electron chi connectivity index (χ3n) is 7.42. The first-order chi connectivity index (χ1) is 22.4. The van der Waals surface area contributed by atoms with Crippen molar-refractivity contribution in [3.63, 3.8) is 0 Å². The molecule has 0 saturated carbocycles. The predicted molar refractivity (Wildman–Crippen MR) is 161 cm³/mol. The van der Waals surface area contributed by atoms with Gasteiger partial charge in [-0.05, 0) is 41.2 Å². The first-order valence-corrected chi connectivity index (χ1v) is 17.1. The Balaban J connectivity index is 0.000000272. The SMILES string of the molecule is C(=C\c1cc[n+]2c(c1)-c1c(ccc3c1-c1cccc[n+]1CCC3)CCC2)/c1ccccc1.O=S(=O)([O-])C(F)(F)F.O=S(=O)([O-])C(F)(F)F. The highest BCUT2D eigenvalue weighted by Crippen LogP contribution is 2.39. The maximum absolute atomic E-state index is 10.7. The smallest absolute Gasteiger partial charge is 0.485 e. The van der Waals surface area contributed by atoms with E-state index in [0.717, 1.165) is 25.9 Å². The van der Waals surface area contributed by atoms with E-state index >= 15 is 0 Å². The monoisotopic (exact) mass is 714 g/mol. The van der Waals surface area contributed by atoms with Crippen molar-refractivity contribution >= 4 is 32.4 Å². The number of rotatable bonds is 2. The van der Waals surface area contributed by atoms with Crippen LogP contribution in [-0.2, 0) is 46.2 Å². The molecule has 0 amide bonds. The van der Waals surface area contributed by atoms with Crippen LogP contribution in [0.4, 0.5) is 26.3 Å². The van der Waals surface area contributed by atoms with Crippen LogP contribution in [0.1, 0.15) is 35.1 Å². The number of alkyl halides is 6. The van der Waals surface area contributed by atoms with E-state index in [1.807, 2.05) is 0 Å². The molecule has 6 rings (SSSR count). The number of pyridine rings is 2. The Labute approximate surface area is 273 Å². The van der Waals surface area contributed by atoms with Crippen LogP contribution in [0.25, 0.3) is 34.7 Å². The normalized spacial score (nSPS) is 14.4. The zero-order valence-electron chi connectivity index (χ0n) is 24.9. The van der Waals surface area contributed by atoms with Gasteiger partial charge in [0.2, 0.25) is 11.4 Å². The largest absolute Gasteiger partial charge is 0.741 e. The Morgan fingerprint density at radius 1 is 0.583 bits per heavy atom. The molecule has 0 bridgehead atoms. The van der Waals surface area contributed by atoms with Gasteiger partial charge in [0.05, 0.1) is 11.1 Å². The lowest BCUT2D eigenvalue weighted by atomic mass is 9.88. The highest BCUT2D eigenvalue weighted by molar-refractivity contribution is 7.86. The second-order valence-electron chi connectivity index (χ2n) is 10.7.